The van der Waals surface area contributed by atoms with E-state index in [1.807, 2.05) is 12.1 Å². The first-order valence-corrected chi connectivity index (χ1v) is 8.78. The minimum atomic E-state index is -4.19. The maximum Gasteiger partial charge on any atom is 0.389 e. The molecule has 3 aromatic rings. The topological polar surface area (TPSA) is 59.8 Å². The van der Waals surface area contributed by atoms with Crippen molar-refractivity contribution in [2.45, 2.75) is 32.0 Å². The van der Waals surface area contributed by atoms with E-state index in [2.05, 4.69) is 15.4 Å². The number of rotatable bonds is 7. The molecule has 0 aliphatic heterocycles. The molecule has 0 bridgehead atoms. The molecule has 3 rings (SSSR count). The standard InChI is InChI=1S/C20H19F3N4O/c21-20(22,23)10-5-15-1-3-17(4-2-15)19(28)25-18-9-14-27(26-18)13-8-16-6-11-24-12-7-16/h1-4,6-7,9,11-12,14H,5,8,10,13H2,(H,25,26,28). The average Bonchev–Trinajstić information content (AvgIpc) is 3.13. The molecule has 0 unspecified atom stereocenters. The van der Waals surface area contributed by atoms with Crippen LogP contribution in [0.1, 0.15) is 27.9 Å². The molecule has 5 nitrogen and oxygen atoms in total. The van der Waals surface area contributed by atoms with Gasteiger partial charge in [0, 0.05) is 43.2 Å². The lowest BCUT2D eigenvalue weighted by atomic mass is 10.1. The lowest BCUT2D eigenvalue weighted by Crippen LogP contribution is -2.13. The van der Waals surface area contributed by atoms with E-state index in [9.17, 15) is 18.0 Å². The number of amides is 1. The monoisotopic (exact) mass is 388 g/mol. The van der Waals surface area contributed by atoms with Gasteiger partial charge in [-0.25, -0.2) is 0 Å². The lowest BCUT2D eigenvalue weighted by molar-refractivity contribution is -0.134. The van der Waals surface area contributed by atoms with Crippen LogP contribution in [0.25, 0.3) is 0 Å². The van der Waals surface area contributed by atoms with E-state index in [1.54, 1.807) is 29.3 Å². The van der Waals surface area contributed by atoms with Gasteiger partial charge in [-0.2, -0.15) is 18.3 Å². The van der Waals surface area contributed by atoms with Gasteiger partial charge in [0.15, 0.2) is 5.82 Å². The molecule has 0 aliphatic rings. The van der Waals surface area contributed by atoms with E-state index >= 15 is 0 Å². The Morgan fingerprint density at radius 3 is 2.32 bits per heavy atom. The van der Waals surface area contributed by atoms with Crippen LogP contribution in [-0.4, -0.2) is 26.8 Å². The normalized spacial score (nSPS) is 11.4. The Balaban J connectivity index is 1.52. The third kappa shape index (κ3) is 5.94. The van der Waals surface area contributed by atoms with Gasteiger partial charge in [0.1, 0.15) is 0 Å². The predicted molar refractivity (Wildman–Crippen MR) is 98.9 cm³/mol. The van der Waals surface area contributed by atoms with Crippen LogP contribution < -0.4 is 5.32 Å². The molecule has 0 saturated heterocycles. The molecule has 2 aromatic heterocycles. The number of carbonyl (C=O) groups excluding carboxylic acids is 1. The summed E-state index contributed by atoms with van der Waals surface area (Å²) in [7, 11) is 0. The number of nitrogens with zero attached hydrogens (tertiary/aromatic N) is 3. The van der Waals surface area contributed by atoms with Crippen molar-refractivity contribution >= 4 is 11.7 Å². The molecule has 1 amide bonds. The molecule has 1 N–H and O–H groups in total. The van der Waals surface area contributed by atoms with Crippen LogP contribution in [0.3, 0.4) is 0 Å². The van der Waals surface area contributed by atoms with Crippen molar-refractivity contribution in [1.29, 1.82) is 0 Å². The number of aryl methyl sites for hydroxylation is 3. The maximum absolute atomic E-state index is 12.3. The first-order chi connectivity index (χ1) is 13.4. The smallest absolute Gasteiger partial charge is 0.305 e. The summed E-state index contributed by atoms with van der Waals surface area (Å²) >= 11 is 0. The Morgan fingerprint density at radius 2 is 1.64 bits per heavy atom. The number of carbonyl (C=O) groups is 1. The van der Waals surface area contributed by atoms with E-state index in [0.717, 1.165) is 12.0 Å². The first kappa shape index (κ1) is 19.6. The third-order valence-corrected chi connectivity index (χ3v) is 4.17. The van der Waals surface area contributed by atoms with E-state index < -0.39 is 12.6 Å². The summed E-state index contributed by atoms with van der Waals surface area (Å²) in [5, 5.41) is 7.00. The summed E-state index contributed by atoms with van der Waals surface area (Å²) in [6, 6.07) is 11.7. The maximum atomic E-state index is 12.3. The quantitative estimate of drug-likeness (QED) is 0.658. The Bertz CT molecular complexity index is 905. The van der Waals surface area contributed by atoms with E-state index in [0.29, 0.717) is 23.5 Å². The second-order valence-electron chi connectivity index (χ2n) is 6.34. The zero-order valence-electron chi connectivity index (χ0n) is 15.0. The molecule has 0 radical (unpaired) electrons. The molecule has 28 heavy (non-hydrogen) atoms. The summed E-state index contributed by atoms with van der Waals surface area (Å²) in [5.74, 6) is 0.0580. The Labute approximate surface area is 160 Å². The van der Waals surface area contributed by atoms with E-state index in [1.165, 1.54) is 24.3 Å². The van der Waals surface area contributed by atoms with Crippen molar-refractivity contribution in [2.75, 3.05) is 5.32 Å². The highest BCUT2D eigenvalue weighted by Crippen LogP contribution is 2.22. The van der Waals surface area contributed by atoms with Gasteiger partial charge in [0.25, 0.3) is 5.91 Å². The highest BCUT2D eigenvalue weighted by atomic mass is 19.4. The van der Waals surface area contributed by atoms with Crippen molar-refractivity contribution in [3.05, 3.63) is 77.7 Å². The summed E-state index contributed by atoms with van der Waals surface area (Å²) in [6.07, 6.45) is 0.861. The zero-order valence-corrected chi connectivity index (χ0v) is 15.0. The summed E-state index contributed by atoms with van der Waals surface area (Å²) in [5.41, 5.74) is 2.04. The number of anilines is 1. The van der Waals surface area contributed by atoms with Gasteiger partial charge in [-0.1, -0.05) is 12.1 Å². The second kappa shape index (κ2) is 8.69. The van der Waals surface area contributed by atoms with Crippen LogP contribution in [0.2, 0.25) is 0 Å². The lowest BCUT2D eigenvalue weighted by Gasteiger charge is -2.07. The summed E-state index contributed by atoms with van der Waals surface area (Å²) in [4.78, 5) is 16.3. The van der Waals surface area contributed by atoms with Crippen LogP contribution in [0, 0.1) is 0 Å². The number of aromatic nitrogens is 3. The molecule has 0 fully saturated rings. The third-order valence-electron chi connectivity index (χ3n) is 4.17. The summed E-state index contributed by atoms with van der Waals surface area (Å²) in [6.45, 7) is 0.661. The Kier molecular flexibility index (Phi) is 6.08. The Morgan fingerprint density at radius 1 is 0.964 bits per heavy atom. The molecular formula is C20H19F3N4O. The number of hydrogen-bond donors (Lipinski definition) is 1. The van der Waals surface area contributed by atoms with Crippen LogP contribution in [-0.2, 0) is 19.4 Å². The second-order valence-corrected chi connectivity index (χ2v) is 6.34. The number of alkyl halides is 3. The van der Waals surface area contributed by atoms with Crippen LogP contribution in [0.5, 0.6) is 0 Å². The molecule has 0 saturated carbocycles. The average molecular weight is 388 g/mol. The minimum absolute atomic E-state index is 0.104. The van der Waals surface area contributed by atoms with Crippen molar-refractivity contribution in [3.8, 4) is 0 Å². The van der Waals surface area contributed by atoms with Gasteiger partial charge in [-0.15, -0.1) is 0 Å². The van der Waals surface area contributed by atoms with Crippen LogP contribution in [0.4, 0.5) is 19.0 Å². The molecular weight excluding hydrogens is 369 g/mol. The fourth-order valence-electron chi connectivity index (χ4n) is 2.64. The predicted octanol–water partition coefficient (Wildman–Crippen LogP) is 4.27. The largest absolute Gasteiger partial charge is 0.389 e. The summed E-state index contributed by atoms with van der Waals surface area (Å²) < 4.78 is 38.5. The molecule has 1 aromatic carbocycles. The highest BCUT2D eigenvalue weighted by molar-refractivity contribution is 6.03. The van der Waals surface area contributed by atoms with Crippen molar-refractivity contribution in [1.82, 2.24) is 14.8 Å². The number of halogens is 3. The fraction of sp³-hybridized carbons (Fsp3) is 0.250. The SMILES string of the molecule is O=C(Nc1ccn(CCc2ccncc2)n1)c1ccc(CCC(F)(F)F)cc1. The molecule has 0 spiro atoms. The van der Waals surface area contributed by atoms with Crippen molar-refractivity contribution in [2.24, 2.45) is 0 Å². The molecule has 8 heteroatoms. The number of nitrogens with one attached hydrogen (secondary N) is 1. The van der Waals surface area contributed by atoms with Gasteiger partial charge in [0.05, 0.1) is 0 Å². The number of hydrogen-bond acceptors (Lipinski definition) is 3. The van der Waals surface area contributed by atoms with Crippen LogP contribution >= 0.6 is 0 Å². The minimum Gasteiger partial charge on any atom is -0.305 e. The van der Waals surface area contributed by atoms with Gasteiger partial charge in [0.2, 0.25) is 0 Å². The van der Waals surface area contributed by atoms with Gasteiger partial charge in [-0.3, -0.25) is 14.5 Å². The highest BCUT2D eigenvalue weighted by Gasteiger charge is 2.26. The number of pyridine rings is 1. The van der Waals surface area contributed by atoms with Gasteiger partial charge < -0.3 is 5.32 Å². The fourth-order valence-corrected chi connectivity index (χ4v) is 2.64. The molecule has 0 aliphatic carbocycles. The van der Waals surface area contributed by atoms with Crippen molar-refractivity contribution < 1.29 is 18.0 Å². The van der Waals surface area contributed by atoms with Gasteiger partial charge in [-0.05, 0) is 48.2 Å². The van der Waals surface area contributed by atoms with Gasteiger partial charge >= 0.3 is 6.18 Å². The first-order valence-electron chi connectivity index (χ1n) is 8.78. The number of benzene rings is 1. The zero-order chi connectivity index (χ0) is 20.0. The van der Waals surface area contributed by atoms with E-state index in [-0.39, 0.29) is 12.3 Å². The molecule has 146 valence electrons. The van der Waals surface area contributed by atoms with Crippen molar-refractivity contribution in [3.63, 3.8) is 0 Å². The Hall–Kier alpha value is -3.16. The molecule has 2 heterocycles. The van der Waals surface area contributed by atoms with Crippen LogP contribution in [0.15, 0.2) is 61.1 Å². The molecule has 0 atom stereocenters. The van der Waals surface area contributed by atoms with E-state index in [4.69, 9.17) is 0 Å².